The number of fused-ring (bicyclic) bond motifs is 1. The second-order valence-electron chi connectivity index (χ2n) is 5.09. The lowest BCUT2D eigenvalue weighted by molar-refractivity contribution is -0.105. The maximum atomic E-state index is 12.4. The maximum absolute atomic E-state index is 12.4. The molecule has 7 heteroatoms. The number of hydrogen-bond acceptors (Lipinski definition) is 4. The quantitative estimate of drug-likeness (QED) is 0.611. The third-order valence-electron chi connectivity index (χ3n) is 2.97. The van der Waals surface area contributed by atoms with Gasteiger partial charge < -0.3 is 15.1 Å². The van der Waals surface area contributed by atoms with E-state index in [0.717, 1.165) is 4.47 Å². The molecule has 0 radical (unpaired) electrons. The molecule has 2 amide bonds. The van der Waals surface area contributed by atoms with Crippen LogP contribution in [-0.4, -0.2) is 17.3 Å². The Bertz CT molecular complexity index is 860. The molecule has 130 valence electrons. The van der Waals surface area contributed by atoms with Crippen LogP contribution >= 0.6 is 15.9 Å². The number of rotatable bonds is 4. The first kappa shape index (κ1) is 18.7. The minimum atomic E-state index is -0.490. The van der Waals surface area contributed by atoms with Gasteiger partial charge in [-0.05, 0) is 40.2 Å². The zero-order valence-corrected chi connectivity index (χ0v) is 15.5. The molecule has 0 aliphatic rings. The van der Waals surface area contributed by atoms with E-state index in [1.54, 1.807) is 42.6 Å². The van der Waals surface area contributed by atoms with E-state index < -0.39 is 5.91 Å². The SMILES string of the molecule is CCC.O=CNc1c(C(=O)Nc2ccc(Br)cn2)oc2ccccc12. The molecule has 3 aromatic rings. The molecule has 2 heterocycles. The summed E-state index contributed by atoms with van der Waals surface area (Å²) in [6, 6.07) is 10.5. The van der Waals surface area contributed by atoms with Crippen molar-refractivity contribution in [3.8, 4) is 0 Å². The molecule has 1 aromatic carbocycles. The lowest BCUT2D eigenvalue weighted by Gasteiger charge is -2.04. The van der Waals surface area contributed by atoms with Gasteiger partial charge in [0, 0.05) is 16.1 Å². The van der Waals surface area contributed by atoms with Crippen LogP contribution in [0.2, 0.25) is 0 Å². The average molecular weight is 404 g/mol. The molecule has 0 unspecified atom stereocenters. The number of carbonyl (C=O) groups is 2. The number of pyridine rings is 1. The molecule has 25 heavy (non-hydrogen) atoms. The number of aromatic nitrogens is 1. The maximum Gasteiger partial charge on any atom is 0.294 e. The first-order chi connectivity index (χ1) is 12.1. The van der Waals surface area contributed by atoms with Crippen LogP contribution in [-0.2, 0) is 4.79 Å². The molecule has 0 saturated carbocycles. The van der Waals surface area contributed by atoms with Crippen molar-refractivity contribution in [2.45, 2.75) is 20.3 Å². The van der Waals surface area contributed by atoms with Gasteiger partial charge in [-0.3, -0.25) is 9.59 Å². The third-order valence-corrected chi connectivity index (χ3v) is 3.44. The number of nitrogens with zero attached hydrogens (tertiary/aromatic N) is 1. The second-order valence-corrected chi connectivity index (χ2v) is 6.00. The van der Waals surface area contributed by atoms with Gasteiger partial charge in [0.15, 0.2) is 0 Å². The Labute approximate surface area is 153 Å². The molecule has 2 N–H and O–H groups in total. The summed E-state index contributed by atoms with van der Waals surface area (Å²) in [6.07, 6.45) is 3.32. The first-order valence-corrected chi connectivity index (χ1v) is 8.54. The topological polar surface area (TPSA) is 84.2 Å². The minimum absolute atomic E-state index is 0.0259. The van der Waals surface area contributed by atoms with Crippen molar-refractivity contribution in [3.05, 3.63) is 52.8 Å². The fourth-order valence-electron chi connectivity index (χ4n) is 2.03. The zero-order chi connectivity index (χ0) is 18.2. The van der Waals surface area contributed by atoms with Crippen molar-refractivity contribution in [1.29, 1.82) is 0 Å². The van der Waals surface area contributed by atoms with E-state index in [4.69, 9.17) is 4.42 Å². The largest absolute Gasteiger partial charge is 0.449 e. The van der Waals surface area contributed by atoms with Gasteiger partial charge in [0.1, 0.15) is 17.1 Å². The van der Waals surface area contributed by atoms with E-state index in [9.17, 15) is 9.59 Å². The molecule has 0 aliphatic carbocycles. The summed E-state index contributed by atoms with van der Waals surface area (Å²) in [4.78, 5) is 27.2. The highest BCUT2D eigenvalue weighted by Gasteiger charge is 2.20. The van der Waals surface area contributed by atoms with Gasteiger partial charge >= 0.3 is 0 Å². The number of halogens is 1. The Morgan fingerprint density at radius 1 is 1.24 bits per heavy atom. The van der Waals surface area contributed by atoms with Crippen molar-refractivity contribution in [1.82, 2.24) is 4.98 Å². The third kappa shape index (κ3) is 4.67. The normalized spacial score (nSPS) is 9.88. The smallest absolute Gasteiger partial charge is 0.294 e. The molecule has 6 nitrogen and oxygen atoms in total. The molecular weight excluding hydrogens is 386 g/mol. The van der Waals surface area contributed by atoms with Gasteiger partial charge in [-0.25, -0.2) is 4.98 Å². The number of anilines is 2. The molecule has 0 spiro atoms. The lowest BCUT2D eigenvalue weighted by Crippen LogP contribution is -2.14. The highest BCUT2D eigenvalue weighted by Crippen LogP contribution is 2.30. The molecule has 0 aliphatic heterocycles. The van der Waals surface area contributed by atoms with Crippen LogP contribution in [0.15, 0.2) is 51.5 Å². The molecular formula is C18H18BrN3O3. The van der Waals surface area contributed by atoms with Gasteiger partial charge in [0.05, 0.1) is 0 Å². The number of amides is 2. The fraction of sp³-hybridized carbons (Fsp3) is 0.167. The number of benzene rings is 1. The van der Waals surface area contributed by atoms with E-state index in [2.05, 4.69) is 45.4 Å². The molecule has 2 aromatic heterocycles. The van der Waals surface area contributed by atoms with Crippen molar-refractivity contribution in [2.75, 3.05) is 10.6 Å². The summed E-state index contributed by atoms with van der Waals surface area (Å²) >= 11 is 3.27. The highest BCUT2D eigenvalue weighted by atomic mass is 79.9. The van der Waals surface area contributed by atoms with Gasteiger partial charge in [0.2, 0.25) is 12.2 Å². The van der Waals surface area contributed by atoms with Crippen LogP contribution in [0.1, 0.15) is 30.8 Å². The predicted molar refractivity (Wildman–Crippen MR) is 102 cm³/mol. The van der Waals surface area contributed by atoms with Crippen LogP contribution < -0.4 is 10.6 Å². The highest BCUT2D eigenvalue weighted by molar-refractivity contribution is 9.10. The number of furan rings is 1. The van der Waals surface area contributed by atoms with Crippen LogP contribution in [0.25, 0.3) is 11.0 Å². The van der Waals surface area contributed by atoms with E-state index in [0.29, 0.717) is 28.9 Å². The number of carbonyl (C=O) groups excluding carboxylic acids is 2. The molecule has 3 rings (SSSR count). The monoisotopic (exact) mass is 403 g/mol. The standard InChI is InChI=1S/C15H10BrN3O3.C3H8/c16-9-5-6-12(17-7-9)19-15(21)14-13(18-8-20)10-3-1-2-4-11(10)22-14;1-3-2/h1-8H,(H,18,20)(H,17,19,21);3H2,1-2H3. The average Bonchev–Trinajstić information content (AvgIpc) is 2.97. The summed E-state index contributed by atoms with van der Waals surface area (Å²) in [5.74, 6) is -0.0842. The van der Waals surface area contributed by atoms with Gasteiger partial charge in [-0.1, -0.05) is 32.4 Å². The van der Waals surface area contributed by atoms with Crippen LogP contribution in [0.4, 0.5) is 11.5 Å². The van der Waals surface area contributed by atoms with Gasteiger partial charge in [0.25, 0.3) is 5.91 Å². The fourth-order valence-corrected chi connectivity index (χ4v) is 2.26. The van der Waals surface area contributed by atoms with Crippen molar-refractivity contribution < 1.29 is 14.0 Å². The Morgan fingerprint density at radius 2 is 1.96 bits per heavy atom. The van der Waals surface area contributed by atoms with Crippen LogP contribution in [0.5, 0.6) is 0 Å². The van der Waals surface area contributed by atoms with Gasteiger partial charge in [-0.15, -0.1) is 0 Å². The van der Waals surface area contributed by atoms with Crippen LogP contribution in [0, 0.1) is 0 Å². The van der Waals surface area contributed by atoms with Crippen molar-refractivity contribution in [2.24, 2.45) is 0 Å². The molecule has 0 fully saturated rings. The number of nitrogens with one attached hydrogen (secondary N) is 2. The number of hydrogen-bond donors (Lipinski definition) is 2. The van der Waals surface area contributed by atoms with E-state index in [-0.39, 0.29) is 5.76 Å². The Balaban J connectivity index is 0.000000701. The van der Waals surface area contributed by atoms with E-state index in [1.165, 1.54) is 6.42 Å². The first-order valence-electron chi connectivity index (χ1n) is 7.75. The van der Waals surface area contributed by atoms with Gasteiger partial charge in [-0.2, -0.15) is 0 Å². The van der Waals surface area contributed by atoms with Crippen molar-refractivity contribution in [3.63, 3.8) is 0 Å². The summed E-state index contributed by atoms with van der Waals surface area (Å²) in [5.41, 5.74) is 0.848. The summed E-state index contributed by atoms with van der Waals surface area (Å²) in [6.45, 7) is 4.25. The summed E-state index contributed by atoms with van der Waals surface area (Å²) in [7, 11) is 0. The van der Waals surface area contributed by atoms with E-state index >= 15 is 0 Å². The minimum Gasteiger partial charge on any atom is -0.449 e. The Morgan fingerprint density at radius 3 is 2.60 bits per heavy atom. The molecule has 0 atom stereocenters. The van der Waals surface area contributed by atoms with E-state index in [1.807, 2.05) is 0 Å². The Kier molecular flexibility index (Phi) is 6.71. The van der Waals surface area contributed by atoms with Crippen molar-refractivity contribution >= 4 is 50.7 Å². The zero-order valence-electron chi connectivity index (χ0n) is 13.9. The predicted octanol–water partition coefficient (Wildman–Crippen LogP) is 4.83. The molecule has 0 bridgehead atoms. The summed E-state index contributed by atoms with van der Waals surface area (Å²) in [5, 5.41) is 5.79. The Hall–Kier alpha value is -2.67. The number of para-hydroxylation sites is 1. The van der Waals surface area contributed by atoms with Crippen LogP contribution in [0.3, 0.4) is 0 Å². The molecule has 0 saturated heterocycles. The lowest BCUT2D eigenvalue weighted by atomic mass is 10.2. The second kappa shape index (κ2) is 8.98. The summed E-state index contributed by atoms with van der Waals surface area (Å²) < 4.78 is 6.34.